The molecule has 0 spiro atoms. The molecule has 204 valence electrons. The van der Waals surface area contributed by atoms with Gasteiger partial charge in [-0.05, 0) is 61.9 Å². The summed E-state index contributed by atoms with van der Waals surface area (Å²) < 4.78 is 25.6. The molecule has 1 aromatic heterocycles. The van der Waals surface area contributed by atoms with Gasteiger partial charge in [-0.1, -0.05) is 60.9 Å². The monoisotopic (exact) mass is 557 g/mol. The average molecular weight is 558 g/mol. The molecule has 0 aliphatic rings. The van der Waals surface area contributed by atoms with Crippen LogP contribution < -0.4 is 10.6 Å². The van der Waals surface area contributed by atoms with E-state index in [0.717, 1.165) is 67.7 Å². The summed E-state index contributed by atoms with van der Waals surface area (Å²) in [4.78, 5) is 26.4. The van der Waals surface area contributed by atoms with Crippen LogP contribution in [0.15, 0.2) is 52.7 Å². The number of carbonyl (C=O) groups excluding carboxylic acids is 1. The minimum Gasteiger partial charge on any atom is -0.478 e. The van der Waals surface area contributed by atoms with Gasteiger partial charge < -0.3 is 15.7 Å². The van der Waals surface area contributed by atoms with Crippen molar-refractivity contribution in [2.24, 2.45) is 0 Å². The molecule has 3 aromatic rings. The molecule has 8 nitrogen and oxygen atoms in total. The Morgan fingerprint density at radius 3 is 2.34 bits per heavy atom. The molecule has 0 saturated carbocycles. The zero-order chi connectivity index (χ0) is 27.5. The van der Waals surface area contributed by atoms with Gasteiger partial charge in [0.05, 0.1) is 17.0 Å². The first-order chi connectivity index (χ1) is 18.2. The first-order valence-corrected chi connectivity index (χ1v) is 15.2. The molecule has 0 aliphatic carbocycles. The second-order valence-electron chi connectivity index (χ2n) is 9.25. The second kappa shape index (κ2) is 14.1. The Hall–Kier alpha value is -3.24. The number of aromatic nitrogens is 1. The van der Waals surface area contributed by atoms with E-state index in [1.165, 1.54) is 12.5 Å². The molecule has 0 atom stereocenters. The number of amides is 1. The maximum absolute atomic E-state index is 12.7. The third-order valence-electron chi connectivity index (χ3n) is 6.13. The van der Waals surface area contributed by atoms with Crippen LogP contribution in [0.3, 0.4) is 0 Å². The van der Waals surface area contributed by atoms with Crippen LogP contribution in [0.2, 0.25) is 0 Å². The predicted octanol–water partition coefficient (Wildman–Crippen LogP) is 5.73. The molecule has 0 radical (unpaired) electrons. The van der Waals surface area contributed by atoms with E-state index in [1.807, 2.05) is 24.3 Å². The summed E-state index contributed by atoms with van der Waals surface area (Å²) in [5.74, 6) is -1.11. The maximum atomic E-state index is 12.7. The third kappa shape index (κ3) is 8.95. The van der Waals surface area contributed by atoms with Crippen LogP contribution >= 0.6 is 11.3 Å². The van der Waals surface area contributed by atoms with Crippen molar-refractivity contribution < 1.29 is 23.1 Å². The molecule has 1 amide bonds. The van der Waals surface area contributed by atoms with Crippen LogP contribution in [0.5, 0.6) is 0 Å². The summed E-state index contributed by atoms with van der Waals surface area (Å²) in [6, 6.07) is 15.2. The highest BCUT2D eigenvalue weighted by atomic mass is 32.2. The van der Waals surface area contributed by atoms with Crippen molar-refractivity contribution >= 4 is 43.9 Å². The number of aromatic carboxylic acids is 1. The van der Waals surface area contributed by atoms with Gasteiger partial charge in [-0.25, -0.2) is 18.2 Å². The molecule has 3 rings (SSSR count). The normalized spacial score (nSPS) is 11.3. The summed E-state index contributed by atoms with van der Waals surface area (Å²) in [6.07, 6.45) is 6.09. The van der Waals surface area contributed by atoms with Crippen molar-refractivity contribution in [1.82, 2.24) is 4.98 Å². The summed E-state index contributed by atoms with van der Waals surface area (Å²) in [5.41, 5.74) is 4.16. The van der Waals surface area contributed by atoms with Crippen molar-refractivity contribution in [3.8, 4) is 0 Å². The van der Waals surface area contributed by atoms with Crippen molar-refractivity contribution in [1.29, 1.82) is 0 Å². The molecule has 0 aliphatic heterocycles. The van der Waals surface area contributed by atoms with E-state index in [0.29, 0.717) is 22.8 Å². The van der Waals surface area contributed by atoms with Gasteiger partial charge in [0.15, 0.2) is 15.0 Å². The lowest BCUT2D eigenvalue weighted by atomic mass is 10.0. The van der Waals surface area contributed by atoms with E-state index in [2.05, 4.69) is 27.8 Å². The van der Waals surface area contributed by atoms with E-state index in [9.17, 15) is 18.0 Å². The van der Waals surface area contributed by atoms with Gasteiger partial charge in [0.2, 0.25) is 5.91 Å². The Morgan fingerprint density at radius 1 is 0.947 bits per heavy atom. The van der Waals surface area contributed by atoms with Crippen molar-refractivity contribution in [3.63, 3.8) is 0 Å². The fourth-order valence-corrected chi connectivity index (χ4v) is 7.15. The fourth-order valence-electron chi connectivity index (χ4n) is 4.14. The maximum Gasteiger partial charge on any atom is 0.335 e. The third-order valence-corrected chi connectivity index (χ3v) is 9.69. The molecule has 0 saturated heterocycles. The largest absolute Gasteiger partial charge is 0.478 e. The number of carboxylic acid groups (broad SMARTS) is 1. The standard InChI is InChI=1S/C28H35N3O5S2/c1-20-27(37-28(30-20)31-21(2)32)38(35,36)19-9-5-3-4-8-18-29-25-11-7-6-10-23(25)15-12-22-13-16-24(17-14-22)26(33)34/h6-7,10-11,13-14,16-17,29H,3-5,8-9,12,15,18-19H2,1-2H3,(H,33,34)(H,30,31,32). The molecule has 3 N–H and O–H groups in total. The molecule has 0 fully saturated rings. The van der Waals surface area contributed by atoms with Crippen LogP contribution in [0.1, 0.15) is 66.2 Å². The quantitative estimate of drug-likeness (QED) is 0.204. The number of anilines is 2. The fraction of sp³-hybridized carbons (Fsp3) is 0.393. The lowest BCUT2D eigenvalue weighted by molar-refractivity contribution is -0.114. The second-order valence-corrected chi connectivity index (χ2v) is 12.5. The van der Waals surface area contributed by atoms with Gasteiger partial charge >= 0.3 is 5.97 Å². The summed E-state index contributed by atoms with van der Waals surface area (Å²) in [6.45, 7) is 3.86. The number of sulfone groups is 1. The lowest BCUT2D eigenvalue weighted by Gasteiger charge is -2.12. The van der Waals surface area contributed by atoms with Crippen LogP contribution in [-0.4, -0.2) is 42.7 Å². The Bertz CT molecular complexity index is 1330. The Balaban J connectivity index is 1.35. The van der Waals surface area contributed by atoms with Crippen molar-refractivity contribution in [3.05, 3.63) is 70.9 Å². The summed E-state index contributed by atoms with van der Waals surface area (Å²) in [5, 5.41) is 15.4. The number of nitrogens with zero attached hydrogens (tertiary/aromatic N) is 1. The minimum absolute atomic E-state index is 0.0835. The number of aryl methyl sites for hydroxylation is 3. The number of nitrogens with one attached hydrogen (secondary N) is 2. The van der Waals surface area contributed by atoms with E-state index in [4.69, 9.17) is 5.11 Å². The van der Waals surface area contributed by atoms with Gasteiger partial charge in [-0.3, -0.25) is 4.79 Å². The van der Waals surface area contributed by atoms with E-state index in [1.54, 1.807) is 19.1 Å². The summed E-state index contributed by atoms with van der Waals surface area (Å²) >= 11 is 1.01. The molecular weight excluding hydrogens is 522 g/mol. The Morgan fingerprint density at radius 2 is 1.63 bits per heavy atom. The highest BCUT2D eigenvalue weighted by Gasteiger charge is 2.22. The molecule has 10 heteroatoms. The van der Waals surface area contributed by atoms with Crippen LogP contribution in [0.4, 0.5) is 10.8 Å². The molecule has 0 bridgehead atoms. The SMILES string of the molecule is CC(=O)Nc1nc(C)c(S(=O)(=O)CCCCCCCNc2ccccc2CCc2ccc(C(=O)O)cc2)s1. The first kappa shape index (κ1) is 29.3. The molecular formula is C28H35N3O5S2. The number of thiazole rings is 1. The van der Waals surface area contributed by atoms with Crippen LogP contribution in [0.25, 0.3) is 0 Å². The molecule has 38 heavy (non-hydrogen) atoms. The van der Waals surface area contributed by atoms with Gasteiger partial charge in [0.25, 0.3) is 0 Å². The van der Waals surface area contributed by atoms with Gasteiger partial charge in [-0.2, -0.15) is 0 Å². The highest BCUT2D eigenvalue weighted by Crippen LogP contribution is 2.28. The van der Waals surface area contributed by atoms with Gasteiger partial charge in [0, 0.05) is 19.2 Å². The number of carboxylic acids is 1. The number of hydrogen-bond donors (Lipinski definition) is 3. The molecule has 1 heterocycles. The number of hydrogen-bond acceptors (Lipinski definition) is 7. The minimum atomic E-state index is -3.41. The van der Waals surface area contributed by atoms with Crippen LogP contribution in [-0.2, 0) is 27.5 Å². The lowest BCUT2D eigenvalue weighted by Crippen LogP contribution is -2.07. The van der Waals surface area contributed by atoms with Gasteiger partial charge in [0.1, 0.15) is 4.21 Å². The number of para-hydroxylation sites is 1. The average Bonchev–Trinajstić information content (AvgIpc) is 3.25. The highest BCUT2D eigenvalue weighted by molar-refractivity contribution is 7.93. The number of benzene rings is 2. The first-order valence-electron chi connectivity index (χ1n) is 12.8. The Labute approximate surface area is 228 Å². The number of unbranched alkanes of at least 4 members (excludes halogenated alkanes) is 4. The van der Waals surface area contributed by atoms with E-state index < -0.39 is 15.8 Å². The number of rotatable bonds is 15. The topological polar surface area (TPSA) is 125 Å². The molecule has 0 unspecified atom stereocenters. The Kier molecular flexibility index (Phi) is 10.8. The predicted molar refractivity (Wildman–Crippen MR) is 152 cm³/mol. The van der Waals surface area contributed by atoms with E-state index in [-0.39, 0.29) is 15.9 Å². The molecule has 2 aromatic carbocycles. The zero-order valence-electron chi connectivity index (χ0n) is 21.8. The number of carbonyl (C=O) groups is 2. The smallest absolute Gasteiger partial charge is 0.335 e. The van der Waals surface area contributed by atoms with Crippen molar-refractivity contribution in [2.45, 2.75) is 63.0 Å². The zero-order valence-corrected chi connectivity index (χ0v) is 23.5. The van der Waals surface area contributed by atoms with Gasteiger partial charge in [-0.15, -0.1) is 0 Å². The van der Waals surface area contributed by atoms with Crippen molar-refractivity contribution in [2.75, 3.05) is 22.9 Å². The van der Waals surface area contributed by atoms with Crippen LogP contribution in [0, 0.1) is 6.92 Å². The summed E-state index contributed by atoms with van der Waals surface area (Å²) in [7, 11) is -3.41. The van der Waals surface area contributed by atoms with E-state index >= 15 is 0 Å².